The van der Waals surface area contributed by atoms with Gasteiger partial charge in [-0.1, -0.05) is 40.9 Å². The summed E-state index contributed by atoms with van der Waals surface area (Å²) in [5, 5.41) is 3.13. The van der Waals surface area contributed by atoms with Crippen molar-refractivity contribution in [3.05, 3.63) is 62.8 Å². The van der Waals surface area contributed by atoms with Crippen molar-refractivity contribution < 1.29 is 18.7 Å². The fraction of sp³-hybridized carbons (Fsp3) is 0.125. The number of ether oxygens (including phenoxy) is 1. The van der Waals surface area contributed by atoms with Crippen molar-refractivity contribution in [2.45, 2.75) is 6.42 Å². The van der Waals surface area contributed by atoms with Crippen LogP contribution in [0.5, 0.6) is 0 Å². The van der Waals surface area contributed by atoms with E-state index in [1.165, 1.54) is 12.1 Å². The molecule has 0 saturated heterocycles. The number of nitrogens with one attached hydrogen (secondary N) is 1. The quantitative estimate of drug-likeness (QED) is 0.764. The van der Waals surface area contributed by atoms with Gasteiger partial charge < -0.3 is 10.1 Å². The number of hydrogen-bond donors (Lipinski definition) is 1. The van der Waals surface area contributed by atoms with Gasteiger partial charge in [0, 0.05) is 20.6 Å². The highest BCUT2D eigenvalue weighted by Crippen LogP contribution is 2.25. The molecule has 0 unspecified atom stereocenters. The van der Waals surface area contributed by atoms with Crippen LogP contribution in [0.15, 0.2) is 36.4 Å². The molecular weight excluding hydrogens is 380 g/mol. The summed E-state index contributed by atoms with van der Waals surface area (Å²) >= 11 is 17.5. The average molecular weight is 391 g/mol. The monoisotopic (exact) mass is 389 g/mol. The van der Waals surface area contributed by atoms with Gasteiger partial charge in [0.15, 0.2) is 6.61 Å². The topological polar surface area (TPSA) is 55.4 Å². The van der Waals surface area contributed by atoms with Crippen LogP contribution in [-0.2, 0) is 20.7 Å². The summed E-state index contributed by atoms with van der Waals surface area (Å²) in [5.74, 6) is -2.06. The lowest BCUT2D eigenvalue weighted by Gasteiger charge is -2.09. The van der Waals surface area contributed by atoms with Gasteiger partial charge in [-0.2, -0.15) is 0 Å². The van der Waals surface area contributed by atoms with Crippen LogP contribution in [0.4, 0.5) is 10.1 Å². The summed E-state index contributed by atoms with van der Waals surface area (Å²) in [6, 6.07) is 8.61. The van der Waals surface area contributed by atoms with E-state index in [2.05, 4.69) is 5.32 Å². The number of amides is 1. The summed E-state index contributed by atoms with van der Waals surface area (Å²) < 4.78 is 18.4. The summed E-state index contributed by atoms with van der Waals surface area (Å²) in [5.41, 5.74) is 0.351. The van der Waals surface area contributed by atoms with E-state index in [0.717, 1.165) is 6.07 Å². The Kier molecular flexibility index (Phi) is 6.43. The minimum atomic E-state index is -0.690. The Morgan fingerprint density at radius 3 is 2.38 bits per heavy atom. The van der Waals surface area contributed by atoms with E-state index < -0.39 is 24.3 Å². The van der Waals surface area contributed by atoms with E-state index in [-0.39, 0.29) is 17.1 Å². The molecule has 0 saturated carbocycles. The number of anilines is 1. The van der Waals surface area contributed by atoms with Gasteiger partial charge in [0.2, 0.25) is 0 Å². The van der Waals surface area contributed by atoms with Crippen LogP contribution in [0, 0.1) is 5.82 Å². The number of carbonyl (C=O) groups excluding carboxylic acids is 2. The van der Waals surface area contributed by atoms with Gasteiger partial charge >= 0.3 is 5.97 Å². The molecule has 8 heteroatoms. The van der Waals surface area contributed by atoms with Gasteiger partial charge in [-0.15, -0.1) is 0 Å². The Morgan fingerprint density at radius 2 is 1.75 bits per heavy atom. The Morgan fingerprint density at radius 1 is 1.08 bits per heavy atom. The van der Waals surface area contributed by atoms with E-state index in [4.69, 9.17) is 39.5 Å². The molecule has 0 spiro atoms. The zero-order valence-corrected chi connectivity index (χ0v) is 14.4. The van der Waals surface area contributed by atoms with Crippen LogP contribution in [-0.4, -0.2) is 18.5 Å². The van der Waals surface area contributed by atoms with Crippen molar-refractivity contribution in [1.82, 2.24) is 0 Å². The molecule has 2 rings (SSSR count). The maximum absolute atomic E-state index is 13.5. The van der Waals surface area contributed by atoms with Crippen molar-refractivity contribution in [3.8, 4) is 0 Å². The van der Waals surface area contributed by atoms with Gasteiger partial charge in [0.25, 0.3) is 5.91 Å². The van der Waals surface area contributed by atoms with Crippen LogP contribution in [0.1, 0.15) is 5.56 Å². The molecule has 0 bridgehead atoms. The molecule has 0 radical (unpaired) electrons. The molecule has 0 aromatic heterocycles. The number of carbonyl (C=O) groups is 2. The zero-order chi connectivity index (χ0) is 17.7. The predicted molar refractivity (Wildman–Crippen MR) is 91.2 cm³/mol. The lowest BCUT2D eigenvalue weighted by atomic mass is 10.1. The molecule has 0 atom stereocenters. The highest BCUT2D eigenvalue weighted by Gasteiger charge is 2.14. The van der Waals surface area contributed by atoms with E-state index >= 15 is 0 Å². The second-order valence-electron chi connectivity index (χ2n) is 4.71. The Labute approximate surface area is 152 Å². The minimum absolute atomic E-state index is 0.0606. The summed E-state index contributed by atoms with van der Waals surface area (Å²) in [6.45, 7) is -0.566. The smallest absolute Gasteiger partial charge is 0.310 e. The molecule has 24 heavy (non-hydrogen) atoms. The molecule has 1 amide bonds. The number of hydrogen-bond acceptors (Lipinski definition) is 3. The third-order valence-corrected chi connectivity index (χ3v) is 3.90. The van der Waals surface area contributed by atoms with Crippen molar-refractivity contribution in [3.63, 3.8) is 0 Å². The van der Waals surface area contributed by atoms with Gasteiger partial charge in [-0.05, 0) is 30.3 Å². The molecule has 2 aromatic rings. The first-order valence-electron chi connectivity index (χ1n) is 6.70. The molecule has 2 aromatic carbocycles. The van der Waals surface area contributed by atoms with Crippen LogP contribution in [0.2, 0.25) is 15.1 Å². The molecule has 0 aliphatic carbocycles. The molecule has 4 nitrogen and oxygen atoms in total. The first-order valence-corrected chi connectivity index (χ1v) is 7.83. The summed E-state index contributed by atoms with van der Waals surface area (Å²) in [7, 11) is 0. The van der Waals surface area contributed by atoms with E-state index in [9.17, 15) is 14.0 Å². The van der Waals surface area contributed by atoms with Crippen molar-refractivity contribution in [1.29, 1.82) is 0 Å². The van der Waals surface area contributed by atoms with E-state index in [1.54, 1.807) is 18.2 Å². The fourth-order valence-corrected chi connectivity index (χ4v) is 2.51. The van der Waals surface area contributed by atoms with Crippen LogP contribution < -0.4 is 5.32 Å². The molecule has 0 aliphatic heterocycles. The third kappa shape index (κ3) is 5.09. The number of rotatable bonds is 5. The van der Waals surface area contributed by atoms with Crippen LogP contribution in [0.25, 0.3) is 0 Å². The summed E-state index contributed by atoms with van der Waals surface area (Å²) in [4.78, 5) is 23.5. The van der Waals surface area contributed by atoms with E-state index in [1.807, 2.05) is 0 Å². The first kappa shape index (κ1) is 18.5. The Balaban J connectivity index is 1.88. The lowest BCUT2D eigenvalue weighted by molar-refractivity contribution is -0.146. The van der Waals surface area contributed by atoms with Crippen molar-refractivity contribution in [2.24, 2.45) is 0 Å². The number of halogens is 4. The fourth-order valence-electron chi connectivity index (χ4n) is 1.82. The largest absolute Gasteiger partial charge is 0.455 e. The van der Waals surface area contributed by atoms with Gasteiger partial charge in [0.05, 0.1) is 12.1 Å². The number of esters is 1. The van der Waals surface area contributed by atoms with Crippen molar-refractivity contribution in [2.75, 3.05) is 11.9 Å². The van der Waals surface area contributed by atoms with Crippen molar-refractivity contribution >= 4 is 52.4 Å². The van der Waals surface area contributed by atoms with Gasteiger partial charge in [-0.3, -0.25) is 9.59 Å². The summed E-state index contributed by atoms with van der Waals surface area (Å²) in [6.07, 6.45) is -0.179. The molecule has 126 valence electrons. The predicted octanol–water partition coefficient (Wildman–Crippen LogP) is 4.51. The molecule has 0 aliphatic rings. The highest BCUT2D eigenvalue weighted by molar-refractivity contribution is 6.36. The maximum Gasteiger partial charge on any atom is 0.310 e. The Bertz CT molecular complexity index is 763. The second kappa shape index (κ2) is 8.33. The van der Waals surface area contributed by atoms with Crippen LogP contribution >= 0.6 is 34.8 Å². The number of benzene rings is 2. The maximum atomic E-state index is 13.5. The lowest BCUT2D eigenvalue weighted by Crippen LogP contribution is -2.22. The molecular formula is C16H11Cl3FNO3. The molecule has 0 fully saturated rings. The average Bonchev–Trinajstić information content (AvgIpc) is 2.52. The first-order chi connectivity index (χ1) is 11.4. The highest BCUT2D eigenvalue weighted by atomic mass is 35.5. The van der Waals surface area contributed by atoms with Crippen LogP contribution in [0.3, 0.4) is 0 Å². The Hall–Kier alpha value is -1.82. The molecule has 1 N–H and O–H groups in total. The molecule has 0 heterocycles. The van der Waals surface area contributed by atoms with E-state index in [0.29, 0.717) is 15.6 Å². The zero-order valence-electron chi connectivity index (χ0n) is 12.1. The second-order valence-corrected chi connectivity index (χ2v) is 5.96. The SMILES string of the molecule is O=C(COC(=O)Cc1c(Cl)cccc1Cl)Nc1ccc(Cl)cc1F. The normalized spacial score (nSPS) is 10.3. The van der Waals surface area contributed by atoms with Gasteiger partial charge in [-0.25, -0.2) is 4.39 Å². The third-order valence-electron chi connectivity index (χ3n) is 2.95. The minimum Gasteiger partial charge on any atom is -0.455 e. The standard InChI is InChI=1S/C16H11Cl3FNO3/c17-9-4-5-14(13(20)6-9)21-15(22)8-24-16(23)7-10-11(18)2-1-3-12(10)19/h1-6H,7-8H2,(H,21,22). The van der Waals surface area contributed by atoms with Gasteiger partial charge in [0.1, 0.15) is 5.82 Å².